The Bertz CT molecular complexity index is 352. The average molecular weight is 210 g/mol. The zero-order chi connectivity index (χ0) is 10.3. The van der Waals surface area contributed by atoms with Crippen LogP contribution >= 0.6 is 11.6 Å². The van der Waals surface area contributed by atoms with Crippen LogP contribution in [0.15, 0.2) is 18.2 Å². The lowest BCUT2D eigenvalue weighted by Crippen LogP contribution is -2.41. The second kappa shape index (κ2) is 3.25. The Morgan fingerprint density at radius 1 is 1.36 bits per heavy atom. The molecule has 2 rings (SSSR count). The third kappa shape index (κ3) is 1.67. The molecule has 0 saturated heterocycles. The van der Waals surface area contributed by atoms with Crippen molar-refractivity contribution in [3.8, 4) is 0 Å². The molecule has 0 heterocycles. The highest BCUT2D eigenvalue weighted by molar-refractivity contribution is 6.31. The lowest BCUT2D eigenvalue weighted by atomic mass is 9.86. The third-order valence-corrected chi connectivity index (χ3v) is 3.54. The lowest BCUT2D eigenvalue weighted by molar-refractivity contribution is 0.334. The van der Waals surface area contributed by atoms with Gasteiger partial charge in [-0.25, -0.2) is 0 Å². The van der Waals surface area contributed by atoms with E-state index in [2.05, 4.69) is 19.9 Å². The SMILES string of the molecule is CC(C)(N)C1Cc2cccc(Cl)c2C1. The van der Waals surface area contributed by atoms with Crippen molar-refractivity contribution in [1.29, 1.82) is 0 Å². The third-order valence-electron chi connectivity index (χ3n) is 3.18. The molecule has 1 aliphatic carbocycles. The summed E-state index contributed by atoms with van der Waals surface area (Å²) in [6.45, 7) is 4.19. The van der Waals surface area contributed by atoms with E-state index in [1.807, 2.05) is 12.1 Å². The molecule has 1 aliphatic rings. The summed E-state index contributed by atoms with van der Waals surface area (Å²) in [6.07, 6.45) is 2.10. The normalized spacial score (nSPS) is 21.0. The van der Waals surface area contributed by atoms with E-state index in [1.165, 1.54) is 11.1 Å². The smallest absolute Gasteiger partial charge is 0.0440 e. The average Bonchev–Trinajstić information content (AvgIpc) is 2.48. The zero-order valence-corrected chi connectivity index (χ0v) is 9.43. The minimum atomic E-state index is -0.109. The first-order chi connectivity index (χ1) is 6.48. The Kier molecular flexibility index (Phi) is 2.32. The summed E-state index contributed by atoms with van der Waals surface area (Å²) in [5.74, 6) is 0.525. The van der Waals surface area contributed by atoms with Crippen molar-refractivity contribution >= 4 is 11.6 Å². The highest BCUT2D eigenvalue weighted by atomic mass is 35.5. The molecule has 76 valence electrons. The van der Waals surface area contributed by atoms with Crippen molar-refractivity contribution in [2.24, 2.45) is 11.7 Å². The first-order valence-electron chi connectivity index (χ1n) is 5.03. The van der Waals surface area contributed by atoms with Gasteiger partial charge in [-0.3, -0.25) is 0 Å². The Morgan fingerprint density at radius 3 is 2.64 bits per heavy atom. The predicted octanol–water partition coefficient (Wildman–Crippen LogP) is 2.79. The van der Waals surface area contributed by atoms with Gasteiger partial charge < -0.3 is 5.73 Å². The molecule has 1 atom stereocenters. The molecule has 2 heteroatoms. The number of nitrogens with two attached hydrogens (primary N) is 1. The van der Waals surface area contributed by atoms with Crippen molar-refractivity contribution in [1.82, 2.24) is 0 Å². The molecule has 0 amide bonds. The van der Waals surface area contributed by atoms with Gasteiger partial charge in [-0.2, -0.15) is 0 Å². The fourth-order valence-corrected chi connectivity index (χ4v) is 2.40. The van der Waals surface area contributed by atoms with Crippen molar-refractivity contribution in [3.63, 3.8) is 0 Å². The molecule has 14 heavy (non-hydrogen) atoms. The number of hydrogen-bond donors (Lipinski definition) is 1. The molecule has 0 aliphatic heterocycles. The monoisotopic (exact) mass is 209 g/mol. The molecule has 2 N–H and O–H groups in total. The molecule has 1 aromatic rings. The maximum atomic E-state index is 6.14. The van der Waals surface area contributed by atoms with Crippen LogP contribution in [0.5, 0.6) is 0 Å². The Labute approximate surface area is 90.3 Å². The van der Waals surface area contributed by atoms with Crippen LogP contribution in [0.25, 0.3) is 0 Å². The summed E-state index contributed by atoms with van der Waals surface area (Å²) in [7, 11) is 0. The van der Waals surface area contributed by atoms with Gasteiger partial charge in [-0.1, -0.05) is 23.7 Å². The number of benzene rings is 1. The van der Waals surface area contributed by atoms with Crippen LogP contribution in [0.1, 0.15) is 25.0 Å². The maximum Gasteiger partial charge on any atom is 0.0440 e. The van der Waals surface area contributed by atoms with Gasteiger partial charge in [-0.15, -0.1) is 0 Å². The molecule has 0 fully saturated rings. The number of hydrogen-bond acceptors (Lipinski definition) is 1. The summed E-state index contributed by atoms with van der Waals surface area (Å²) in [4.78, 5) is 0. The molecule has 1 aromatic carbocycles. The van der Waals surface area contributed by atoms with E-state index in [4.69, 9.17) is 17.3 Å². The Balaban J connectivity index is 2.31. The largest absolute Gasteiger partial charge is 0.325 e. The van der Waals surface area contributed by atoms with Gasteiger partial charge in [0.2, 0.25) is 0 Å². The highest BCUT2D eigenvalue weighted by Gasteiger charge is 2.32. The van der Waals surface area contributed by atoms with Gasteiger partial charge in [-0.05, 0) is 49.8 Å². The molecular formula is C12H16ClN. The van der Waals surface area contributed by atoms with E-state index in [9.17, 15) is 0 Å². The van der Waals surface area contributed by atoms with Crippen LogP contribution in [-0.2, 0) is 12.8 Å². The Hall–Kier alpha value is -0.530. The van der Waals surface area contributed by atoms with Crippen molar-refractivity contribution in [3.05, 3.63) is 34.3 Å². The summed E-state index contributed by atoms with van der Waals surface area (Å²) >= 11 is 6.14. The van der Waals surface area contributed by atoms with E-state index in [1.54, 1.807) is 0 Å². The van der Waals surface area contributed by atoms with Gasteiger partial charge in [0.15, 0.2) is 0 Å². The van der Waals surface area contributed by atoms with E-state index < -0.39 is 0 Å². The molecule has 0 bridgehead atoms. The maximum absolute atomic E-state index is 6.14. The fraction of sp³-hybridized carbons (Fsp3) is 0.500. The molecular weight excluding hydrogens is 194 g/mol. The van der Waals surface area contributed by atoms with Crippen LogP contribution in [-0.4, -0.2) is 5.54 Å². The van der Waals surface area contributed by atoms with Gasteiger partial charge in [0, 0.05) is 10.6 Å². The second-order valence-corrected chi connectivity index (χ2v) is 5.21. The van der Waals surface area contributed by atoms with Crippen molar-refractivity contribution < 1.29 is 0 Å². The summed E-state index contributed by atoms with van der Waals surface area (Å²) in [5.41, 5.74) is 8.70. The number of fused-ring (bicyclic) bond motifs is 1. The van der Waals surface area contributed by atoms with Crippen LogP contribution in [0.2, 0.25) is 5.02 Å². The highest BCUT2D eigenvalue weighted by Crippen LogP contribution is 2.35. The molecule has 1 unspecified atom stereocenters. The summed E-state index contributed by atoms with van der Waals surface area (Å²) in [5, 5.41) is 0.897. The first-order valence-corrected chi connectivity index (χ1v) is 5.41. The fourth-order valence-electron chi connectivity index (χ4n) is 2.13. The van der Waals surface area contributed by atoms with Crippen molar-refractivity contribution in [2.45, 2.75) is 32.2 Å². The number of rotatable bonds is 1. The summed E-state index contributed by atoms with van der Waals surface area (Å²) in [6, 6.07) is 6.15. The first kappa shape index (κ1) is 10.0. The van der Waals surface area contributed by atoms with Crippen LogP contribution in [0, 0.1) is 5.92 Å². The number of halogens is 1. The lowest BCUT2D eigenvalue weighted by Gasteiger charge is -2.26. The van der Waals surface area contributed by atoms with Crippen LogP contribution in [0.4, 0.5) is 0 Å². The predicted molar refractivity (Wildman–Crippen MR) is 60.6 cm³/mol. The topological polar surface area (TPSA) is 26.0 Å². The minimum absolute atomic E-state index is 0.109. The Morgan fingerprint density at radius 2 is 2.07 bits per heavy atom. The molecule has 0 aromatic heterocycles. The van der Waals surface area contributed by atoms with Crippen LogP contribution < -0.4 is 5.73 Å². The quantitative estimate of drug-likeness (QED) is 0.757. The van der Waals surface area contributed by atoms with E-state index >= 15 is 0 Å². The van der Waals surface area contributed by atoms with Gasteiger partial charge >= 0.3 is 0 Å². The van der Waals surface area contributed by atoms with E-state index in [0.29, 0.717) is 5.92 Å². The zero-order valence-electron chi connectivity index (χ0n) is 8.68. The van der Waals surface area contributed by atoms with E-state index in [-0.39, 0.29) is 5.54 Å². The van der Waals surface area contributed by atoms with E-state index in [0.717, 1.165) is 17.9 Å². The van der Waals surface area contributed by atoms with Crippen molar-refractivity contribution in [2.75, 3.05) is 0 Å². The molecule has 0 saturated carbocycles. The van der Waals surface area contributed by atoms with Gasteiger partial charge in [0.05, 0.1) is 0 Å². The summed E-state index contributed by atoms with van der Waals surface area (Å²) < 4.78 is 0. The van der Waals surface area contributed by atoms with Gasteiger partial charge in [0.25, 0.3) is 0 Å². The molecule has 0 spiro atoms. The second-order valence-electron chi connectivity index (χ2n) is 4.80. The standard InChI is InChI=1S/C12H16ClN/c1-12(2,14)9-6-8-4-3-5-11(13)10(8)7-9/h3-5,9H,6-7,14H2,1-2H3. The van der Waals surface area contributed by atoms with Gasteiger partial charge in [0.1, 0.15) is 0 Å². The molecule has 1 nitrogen and oxygen atoms in total. The van der Waals surface area contributed by atoms with Crippen LogP contribution in [0.3, 0.4) is 0 Å². The molecule has 0 radical (unpaired) electrons. The minimum Gasteiger partial charge on any atom is -0.325 e.